The SMILES string of the molecule is NCCNC(=O)c1cc(Br)c2c(c1)OCCO2. The zero-order chi connectivity index (χ0) is 12.3. The van der Waals surface area contributed by atoms with E-state index in [1.165, 1.54) is 0 Å². The third kappa shape index (κ3) is 2.70. The molecule has 1 amide bonds. The minimum absolute atomic E-state index is 0.173. The van der Waals surface area contributed by atoms with Gasteiger partial charge in [-0.25, -0.2) is 0 Å². The first kappa shape index (κ1) is 12.2. The van der Waals surface area contributed by atoms with Crippen molar-refractivity contribution in [2.45, 2.75) is 0 Å². The van der Waals surface area contributed by atoms with Crippen molar-refractivity contribution < 1.29 is 14.3 Å². The summed E-state index contributed by atoms with van der Waals surface area (Å²) in [6.45, 7) is 1.87. The molecule has 1 aromatic carbocycles. The number of hydrogen-bond donors (Lipinski definition) is 2. The summed E-state index contributed by atoms with van der Waals surface area (Å²) in [6.07, 6.45) is 0. The molecule has 5 nitrogen and oxygen atoms in total. The number of nitrogens with two attached hydrogens (primary N) is 1. The lowest BCUT2D eigenvalue weighted by Crippen LogP contribution is -2.29. The smallest absolute Gasteiger partial charge is 0.251 e. The molecule has 1 heterocycles. The fourth-order valence-electron chi connectivity index (χ4n) is 1.53. The predicted octanol–water partition coefficient (Wildman–Crippen LogP) is 0.909. The Morgan fingerprint density at radius 1 is 1.41 bits per heavy atom. The van der Waals surface area contributed by atoms with Crippen molar-refractivity contribution in [3.8, 4) is 11.5 Å². The maximum Gasteiger partial charge on any atom is 0.251 e. The van der Waals surface area contributed by atoms with Gasteiger partial charge in [0, 0.05) is 18.7 Å². The van der Waals surface area contributed by atoms with Gasteiger partial charge in [0.2, 0.25) is 0 Å². The molecule has 6 heteroatoms. The van der Waals surface area contributed by atoms with Gasteiger partial charge in [0.1, 0.15) is 13.2 Å². The lowest BCUT2D eigenvalue weighted by atomic mass is 10.2. The summed E-state index contributed by atoms with van der Waals surface area (Å²) in [5.74, 6) is 1.06. The standard InChI is InChI=1S/C11H13BrN2O3/c12-8-5-7(11(15)14-2-1-13)6-9-10(8)17-4-3-16-9/h5-6H,1-4,13H2,(H,14,15). The summed E-state index contributed by atoms with van der Waals surface area (Å²) in [4.78, 5) is 11.8. The Hall–Kier alpha value is -1.27. The number of hydrogen-bond acceptors (Lipinski definition) is 4. The van der Waals surface area contributed by atoms with E-state index in [9.17, 15) is 4.79 Å². The van der Waals surface area contributed by atoms with Gasteiger partial charge in [-0.15, -0.1) is 0 Å². The molecular weight excluding hydrogens is 288 g/mol. The number of halogens is 1. The molecule has 0 bridgehead atoms. The van der Waals surface area contributed by atoms with E-state index in [0.29, 0.717) is 47.8 Å². The molecular formula is C11H13BrN2O3. The molecule has 2 rings (SSSR count). The van der Waals surface area contributed by atoms with Crippen LogP contribution < -0.4 is 20.5 Å². The lowest BCUT2D eigenvalue weighted by Gasteiger charge is -2.20. The second-order valence-electron chi connectivity index (χ2n) is 3.53. The van der Waals surface area contributed by atoms with E-state index < -0.39 is 0 Å². The van der Waals surface area contributed by atoms with E-state index in [-0.39, 0.29) is 5.91 Å². The molecule has 1 aliphatic rings. The molecule has 0 radical (unpaired) electrons. The molecule has 0 fully saturated rings. The van der Waals surface area contributed by atoms with Gasteiger partial charge in [0.15, 0.2) is 11.5 Å². The average molecular weight is 301 g/mol. The number of amides is 1. The largest absolute Gasteiger partial charge is 0.486 e. The van der Waals surface area contributed by atoms with Crippen LogP contribution in [-0.2, 0) is 0 Å². The number of ether oxygens (including phenoxy) is 2. The van der Waals surface area contributed by atoms with Gasteiger partial charge in [-0.1, -0.05) is 0 Å². The minimum atomic E-state index is -0.173. The van der Waals surface area contributed by atoms with Crippen molar-refractivity contribution in [1.82, 2.24) is 5.32 Å². The molecule has 0 saturated heterocycles. The summed E-state index contributed by atoms with van der Waals surface area (Å²) in [5.41, 5.74) is 5.85. The van der Waals surface area contributed by atoms with Crippen LogP contribution in [0.15, 0.2) is 16.6 Å². The molecule has 1 aromatic rings. The summed E-state index contributed by atoms with van der Waals surface area (Å²) in [6, 6.07) is 3.38. The van der Waals surface area contributed by atoms with E-state index in [2.05, 4.69) is 21.2 Å². The Morgan fingerprint density at radius 3 is 2.94 bits per heavy atom. The molecule has 0 atom stereocenters. The van der Waals surface area contributed by atoms with Gasteiger partial charge in [-0.3, -0.25) is 4.79 Å². The number of benzene rings is 1. The van der Waals surface area contributed by atoms with Crippen molar-refractivity contribution in [3.63, 3.8) is 0 Å². The number of fused-ring (bicyclic) bond motifs is 1. The van der Waals surface area contributed by atoms with Crippen molar-refractivity contribution in [2.24, 2.45) is 5.73 Å². The van der Waals surface area contributed by atoms with Crippen molar-refractivity contribution >= 4 is 21.8 Å². The Labute approximate surface area is 107 Å². The van der Waals surface area contributed by atoms with Crippen LogP contribution in [0.2, 0.25) is 0 Å². The average Bonchev–Trinajstić information content (AvgIpc) is 2.36. The molecule has 0 aromatic heterocycles. The van der Waals surface area contributed by atoms with E-state index in [1.54, 1.807) is 12.1 Å². The fraction of sp³-hybridized carbons (Fsp3) is 0.364. The van der Waals surface area contributed by atoms with Crippen LogP contribution in [-0.4, -0.2) is 32.2 Å². The van der Waals surface area contributed by atoms with Crippen LogP contribution in [0.5, 0.6) is 11.5 Å². The quantitative estimate of drug-likeness (QED) is 0.870. The fourth-order valence-corrected chi connectivity index (χ4v) is 2.09. The maximum absolute atomic E-state index is 11.8. The summed E-state index contributed by atoms with van der Waals surface area (Å²) in [5, 5.41) is 2.70. The van der Waals surface area contributed by atoms with E-state index in [0.717, 1.165) is 0 Å². The summed E-state index contributed by atoms with van der Waals surface area (Å²) in [7, 11) is 0. The Kier molecular flexibility index (Phi) is 3.86. The van der Waals surface area contributed by atoms with Crippen LogP contribution >= 0.6 is 15.9 Å². The second kappa shape index (κ2) is 5.37. The zero-order valence-electron chi connectivity index (χ0n) is 9.16. The van der Waals surface area contributed by atoms with Gasteiger partial charge in [-0.05, 0) is 28.1 Å². The Bertz CT molecular complexity index is 437. The number of rotatable bonds is 3. The first-order valence-electron chi connectivity index (χ1n) is 5.30. The minimum Gasteiger partial charge on any atom is -0.486 e. The topological polar surface area (TPSA) is 73.6 Å². The van der Waals surface area contributed by atoms with Gasteiger partial charge >= 0.3 is 0 Å². The van der Waals surface area contributed by atoms with Gasteiger partial charge in [-0.2, -0.15) is 0 Å². The Morgan fingerprint density at radius 2 is 2.18 bits per heavy atom. The Balaban J connectivity index is 2.24. The van der Waals surface area contributed by atoms with Gasteiger partial charge in [0.25, 0.3) is 5.91 Å². The normalized spacial score (nSPS) is 13.3. The number of carbonyl (C=O) groups is 1. The molecule has 0 saturated carbocycles. The first-order chi connectivity index (χ1) is 8.22. The highest BCUT2D eigenvalue weighted by Crippen LogP contribution is 2.38. The highest BCUT2D eigenvalue weighted by Gasteiger charge is 2.18. The molecule has 0 spiro atoms. The third-order valence-electron chi connectivity index (χ3n) is 2.29. The summed E-state index contributed by atoms with van der Waals surface area (Å²) < 4.78 is 11.6. The van der Waals surface area contributed by atoms with Crippen LogP contribution in [0, 0.1) is 0 Å². The number of carbonyl (C=O) groups excluding carboxylic acids is 1. The molecule has 92 valence electrons. The van der Waals surface area contributed by atoms with E-state index in [4.69, 9.17) is 15.2 Å². The molecule has 17 heavy (non-hydrogen) atoms. The molecule has 3 N–H and O–H groups in total. The highest BCUT2D eigenvalue weighted by atomic mass is 79.9. The van der Waals surface area contributed by atoms with Crippen LogP contribution in [0.3, 0.4) is 0 Å². The monoisotopic (exact) mass is 300 g/mol. The van der Waals surface area contributed by atoms with Crippen LogP contribution in [0.4, 0.5) is 0 Å². The zero-order valence-corrected chi connectivity index (χ0v) is 10.7. The van der Waals surface area contributed by atoms with Gasteiger partial charge < -0.3 is 20.5 Å². The number of nitrogens with one attached hydrogen (secondary N) is 1. The first-order valence-corrected chi connectivity index (χ1v) is 6.09. The lowest BCUT2D eigenvalue weighted by molar-refractivity contribution is 0.0953. The third-order valence-corrected chi connectivity index (χ3v) is 2.88. The highest BCUT2D eigenvalue weighted by molar-refractivity contribution is 9.10. The molecule has 0 aliphatic carbocycles. The second-order valence-corrected chi connectivity index (χ2v) is 4.38. The molecule has 1 aliphatic heterocycles. The van der Waals surface area contributed by atoms with E-state index >= 15 is 0 Å². The molecule has 0 unspecified atom stereocenters. The van der Waals surface area contributed by atoms with Gasteiger partial charge in [0.05, 0.1) is 4.47 Å². The maximum atomic E-state index is 11.8. The van der Waals surface area contributed by atoms with Crippen molar-refractivity contribution in [3.05, 3.63) is 22.2 Å². The van der Waals surface area contributed by atoms with E-state index in [1.807, 2.05) is 0 Å². The van der Waals surface area contributed by atoms with Crippen molar-refractivity contribution in [2.75, 3.05) is 26.3 Å². The van der Waals surface area contributed by atoms with Crippen LogP contribution in [0.1, 0.15) is 10.4 Å². The van der Waals surface area contributed by atoms with Crippen molar-refractivity contribution in [1.29, 1.82) is 0 Å². The summed E-state index contributed by atoms with van der Waals surface area (Å²) >= 11 is 3.36. The predicted molar refractivity (Wildman–Crippen MR) is 66.5 cm³/mol. The van der Waals surface area contributed by atoms with Crippen LogP contribution in [0.25, 0.3) is 0 Å².